The fraction of sp³-hybridized carbons (Fsp3) is 0.120. The van der Waals surface area contributed by atoms with E-state index in [1.54, 1.807) is 30.3 Å². The number of amides is 2. The lowest BCUT2D eigenvalue weighted by molar-refractivity contribution is -0.119. The number of nitrogens with zero attached hydrogens (tertiary/aromatic N) is 2. The molecule has 0 bridgehead atoms. The number of fused-ring (bicyclic) bond motifs is 1. The molecule has 0 unspecified atom stereocenters. The fourth-order valence-electron chi connectivity index (χ4n) is 3.09. The summed E-state index contributed by atoms with van der Waals surface area (Å²) >= 11 is 1.29. The lowest BCUT2D eigenvalue weighted by atomic mass is 10.2. The molecule has 0 spiro atoms. The molecule has 35 heavy (non-hydrogen) atoms. The quantitative estimate of drug-likeness (QED) is 0.177. The van der Waals surface area contributed by atoms with Crippen LogP contribution in [0.3, 0.4) is 0 Å². The highest BCUT2D eigenvalue weighted by Crippen LogP contribution is 2.27. The Morgan fingerprint density at radius 3 is 2.63 bits per heavy atom. The normalized spacial score (nSPS) is 10.9. The van der Waals surface area contributed by atoms with E-state index in [0.717, 1.165) is 11.0 Å². The first kappa shape index (κ1) is 23.8. The molecule has 178 valence electrons. The molecule has 0 saturated heterocycles. The van der Waals surface area contributed by atoms with Gasteiger partial charge in [-0.3, -0.25) is 9.59 Å². The van der Waals surface area contributed by atoms with Crippen LogP contribution in [0.2, 0.25) is 0 Å². The number of anilines is 1. The minimum Gasteiger partial charge on any atom is -0.493 e. The van der Waals surface area contributed by atoms with Gasteiger partial charge in [-0.15, -0.1) is 0 Å². The number of imidazole rings is 1. The zero-order valence-electron chi connectivity index (χ0n) is 18.9. The maximum Gasteiger partial charge on any atom is 0.262 e. The van der Waals surface area contributed by atoms with Crippen LogP contribution in [0.4, 0.5) is 5.69 Å². The predicted molar refractivity (Wildman–Crippen MR) is 136 cm³/mol. The number of hydrogen-bond acceptors (Lipinski definition) is 7. The number of hydrogen-bond donors (Lipinski definition) is 3. The Kier molecular flexibility index (Phi) is 7.97. The largest absolute Gasteiger partial charge is 0.493 e. The lowest BCUT2D eigenvalue weighted by Crippen LogP contribution is -2.20. The van der Waals surface area contributed by atoms with Crippen molar-refractivity contribution in [2.24, 2.45) is 5.10 Å². The molecule has 3 N–H and O–H groups in total. The molecule has 1 heterocycles. The molecule has 3 aromatic carbocycles. The van der Waals surface area contributed by atoms with Crippen molar-refractivity contribution >= 4 is 46.5 Å². The predicted octanol–water partition coefficient (Wildman–Crippen LogP) is 3.83. The molecule has 9 nitrogen and oxygen atoms in total. The average molecular weight is 490 g/mol. The Morgan fingerprint density at radius 2 is 1.83 bits per heavy atom. The van der Waals surface area contributed by atoms with Gasteiger partial charge in [-0.05, 0) is 48.0 Å². The van der Waals surface area contributed by atoms with Crippen LogP contribution in [-0.2, 0) is 9.59 Å². The van der Waals surface area contributed by atoms with Crippen LogP contribution in [0.15, 0.2) is 83.1 Å². The Morgan fingerprint density at radius 1 is 1.03 bits per heavy atom. The van der Waals surface area contributed by atoms with E-state index in [1.165, 1.54) is 25.1 Å². The number of ether oxygens (including phenoxy) is 2. The van der Waals surface area contributed by atoms with Gasteiger partial charge in [0.25, 0.3) is 11.8 Å². The van der Waals surface area contributed by atoms with Crippen LogP contribution < -0.4 is 20.2 Å². The molecule has 10 heteroatoms. The van der Waals surface area contributed by atoms with Gasteiger partial charge in [0.1, 0.15) is 0 Å². The van der Waals surface area contributed by atoms with E-state index in [0.29, 0.717) is 27.9 Å². The average Bonchev–Trinajstić information content (AvgIpc) is 3.30. The number of methoxy groups -OCH3 is 1. The number of H-pyrrole nitrogens is 1. The number of carbonyl (C=O) groups is 2. The first-order chi connectivity index (χ1) is 17.1. The van der Waals surface area contributed by atoms with Crippen molar-refractivity contribution < 1.29 is 19.1 Å². The van der Waals surface area contributed by atoms with Crippen molar-refractivity contribution in [2.45, 2.75) is 5.16 Å². The molecule has 0 atom stereocenters. The SMILES string of the molecule is COc1cc(/C=N/NC(=O)CSc2nc3ccccc3[nH]2)ccc1OCC(=O)Nc1ccccc1. The summed E-state index contributed by atoms with van der Waals surface area (Å²) in [5.74, 6) is 0.473. The molecule has 4 rings (SSSR count). The van der Waals surface area contributed by atoms with Gasteiger partial charge < -0.3 is 19.8 Å². The highest BCUT2D eigenvalue weighted by Gasteiger charge is 2.09. The molecule has 4 aromatic rings. The van der Waals surface area contributed by atoms with Crippen molar-refractivity contribution in [3.05, 3.63) is 78.4 Å². The Hall–Kier alpha value is -4.31. The van der Waals surface area contributed by atoms with Gasteiger partial charge in [-0.25, -0.2) is 10.4 Å². The Balaban J connectivity index is 1.25. The molecule has 0 saturated carbocycles. The van der Waals surface area contributed by atoms with Crippen molar-refractivity contribution in [3.63, 3.8) is 0 Å². The second-order valence-electron chi connectivity index (χ2n) is 7.25. The molecule has 1 aromatic heterocycles. The number of benzene rings is 3. The number of rotatable bonds is 10. The second-order valence-corrected chi connectivity index (χ2v) is 8.22. The van der Waals surface area contributed by atoms with Crippen LogP contribution in [0, 0.1) is 0 Å². The lowest BCUT2D eigenvalue weighted by Gasteiger charge is -2.11. The molecule has 0 aliphatic rings. The Bertz CT molecular complexity index is 1310. The molecule has 0 radical (unpaired) electrons. The van der Waals surface area contributed by atoms with Crippen LogP contribution >= 0.6 is 11.8 Å². The van der Waals surface area contributed by atoms with Crippen molar-refractivity contribution in [1.82, 2.24) is 15.4 Å². The van der Waals surface area contributed by atoms with Crippen LogP contribution in [0.1, 0.15) is 5.56 Å². The molecular weight excluding hydrogens is 466 g/mol. The highest BCUT2D eigenvalue weighted by atomic mass is 32.2. The number of aromatic nitrogens is 2. The summed E-state index contributed by atoms with van der Waals surface area (Å²) in [6.07, 6.45) is 1.50. The molecule has 0 aliphatic heterocycles. The van der Waals surface area contributed by atoms with Gasteiger partial charge in [0.15, 0.2) is 23.3 Å². The number of para-hydroxylation sites is 3. The molecule has 0 fully saturated rings. The zero-order chi connectivity index (χ0) is 24.5. The topological polar surface area (TPSA) is 118 Å². The second kappa shape index (κ2) is 11.7. The van der Waals surface area contributed by atoms with E-state index in [2.05, 4.69) is 25.8 Å². The van der Waals surface area contributed by atoms with E-state index in [9.17, 15) is 9.59 Å². The smallest absolute Gasteiger partial charge is 0.262 e. The van der Waals surface area contributed by atoms with E-state index in [-0.39, 0.29) is 24.2 Å². The number of nitrogens with one attached hydrogen (secondary N) is 3. The summed E-state index contributed by atoms with van der Waals surface area (Å²) in [5, 5.41) is 7.42. The summed E-state index contributed by atoms with van der Waals surface area (Å²) in [5.41, 5.74) is 5.65. The third kappa shape index (κ3) is 6.84. The summed E-state index contributed by atoms with van der Waals surface area (Å²) in [6.45, 7) is -0.169. The van der Waals surface area contributed by atoms with E-state index >= 15 is 0 Å². The van der Waals surface area contributed by atoms with Crippen LogP contribution in [-0.4, -0.2) is 47.5 Å². The Labute approximate surface area is 205 Å². The van der Waals surface area contributed by atoms with Gasteiger partial charge in [0.2, 0.25) is 0 Å². The summed E-state index contributed by atoms with van der Waals surface area (Å²) in [4.78, 5) is 31.8. The first-order valence-corrected chi connectivity index (χ1v) is 11.6. The maximum atomic E-state index is 12.1. The van der Waals surface area contributed by atoms with Crippen molar-refractivity contribution in [1.29, 1.82) is 0 Å². The summed E-state index contributed by atoms with van der Waals surface area (Å²) < 4.78 is 10.9. The maximum absolute atomic E-state index is 12.1. The van der Waals surface area contributed by atoms with Crippen LogP contribution in [0.25, 0.3) is 11.0 Å². The monoisotopic (exact) mass is 489 g/mol. The van der Waals surface area contributed by atoms with Gasteiger partial charge >= 0.3 is 0 Å². The summed E-state index contributed by atoms with van der Waals surface area (Å²) in [7, 11) is 1.50. The van der Waals surface area contributed by atoms with Crippen molar-refractivity contribution in [3.8, 4) is 11.5 Å². The minimum absolute atomic E-state index is 0.165. The van der Waals surface area contributed by atoms with Crippen LogP contribution in [0.5, 0.6) is 11.5 Å². The van der Waals surface area contributed by atoms with Gasteiger partial charge in [0, 0.05) is 5.69 Å². The van der Waals surface area contributed by atoms with Gasteiger partial charge in [0.05, 0.1) is 30.1 Å². The molecular formula is C25H23N5O4S. The van der Waals surface area contributed by atoms with E-state index in [4.69, 9.17) is 9.47 Å². The standard InChI is InChI=1S/C25H23N5O4S/c1-33-22-13-17(11-12-21(22)34-15-23(31)27-18-7-3-2-4-8-18)14-26-30-24(32)16-35-25-28-19-9-5-6-10-20(19)29-25/h2-14H,15-16H2,1H3,(H,27,31)(H,28,29)(H,30,32)/b26-14+. The number of aromatic amines is 1. The number of carbonyl (C=O) groups excluding carboxylic acids is 2. The third-order valence-electron chi connectivity index (χ3n) is 4.71. The van der Waals surface area contributed by atoms with Gasteiger partial charge in [-0.1, -0.05) is 42.1 Å². The number of hydrazone groups is 1. The molecule has 0 aliphatic carbocycles. The zero-order valence-corrected chi connectivity index (χ0v) is 19.7. The fourth-order valence-corrected chi connectivity index (χ4v) is 3.77. The minimum atomic E-state index is -0.285. The van der Waals surface area contributed by atoms with E-state index in [1.807, 2.05) is 42.5 Å². The highest BCUT2D eigenvalue weighted by molar-refractivity contribution is 7.99. The van der Waals surface area contributed by atoms with Gasteiger partial charge in [-0.2, -0.15) is 5.10 Å². The van der Waals surface area contributed by atoms with Crippen molar-refractivity contribution in [2.75, 3.05) is 24.8 Å². The first-order valence-electron chi connectivity index (χ1n) is 10.7. The third-order valence-corrected chi connectivity index (χ3v) is 5.59. The molecule has 2 amide bonds. The van der Waals surface area contributed by atoms with E-state index < -0.39 is 0 Å². The number of thioether (sulfide) groups is 1. The summed E-state index contributed by atoms with van der Waals surface area (Å²) in [6, 6.07) is 21.9.